The molecule has 1 fully saturated rings. The fraction of sp³-hybridized carbons (Fsp3) is 0.600. The molecular weight excluding hydrogens is 208 g/mol. The van der Waals surface area contributed by atoms with Crippen molar-refractivity contribution in [3.05, 3.63) is 23.8 Å². The van der Waals surface area contributed by atoms with Crippen molar-refractivity contribution in [3.63, 3.8) is 0 Å². The van der Waals surface area contributed by atoms with E-state index >= 15 is 0 Å². The van der Waals surface area contributed by atoms with Crippen molar-refractivity contribution in [2.75, 3.05) is 17.6 Å². The van der Waals surface area contributed by atoms with E-state index < -0.39 is 0 Å². The molecule has 1 aliphatic rings. The summed E-state index contributed by atoms with van der Waals surface area (Å²) < 4.78 is 0. The second-order valence-electron chi connectivity index (χ2n) is 5.50. The molecule has 0 spiro atoms. The number of anilines is 2. The lowest BCUT2D eigenvalue weighted by Crippen LogP contribution is -2.26. The Morgan fingerprint density at radius 3 is 2.65 bits per heavy atom. The van der Waals surface area contributed by atoms with Gasteiger partial charge in [-0.05, 0) is 49.3 Å². The molecule has 3 N–H and O–H groups in total. The summed E-state index contributed by atoms with van der Waals surface area (Å²) in [7, 11) is 0. The predicted octanol–water partition coefficient (Wildman–Crippen LogP) is 3.96. The van der Waals surface area contributed by atoms with Crippen LogP contribution in [-0.4, -0.2) is 6.54 Å². The summed E-state index contributed by atoms with van der Waals surface area (Å²) in [5.41, 5.74) is 9.73. The molecule has 17 heavy (non-hydrogen) atoms. The summed E-state index contributed by atoms with van der Waals surface area (Å²) in [5.74, 6) is 0. The van der Waals surface area contributed by atoms with Gasteiger partial charge >= 0.3 is 0 Å². The van der Waals surface area contributed by atoms with Crippen molar-refractivity contribution in [1.82, 2.24) is 0 Å². The Labute approximate surface area is 105 Å². The van der Waals surface area contributed by atoms with E-state index in [1.165, 1.54) is 37.7 Å². The molecule has 2 rings (SSSR count). The van der Waals surface area contributed by atoms with E-state index in [4.69, 9.17) is 5.73 Å². The van der Waals surface area contributed by atoms with Crippen LogP contribution in [0.2, 0.25) is 0 Å². The molecule has 1 aromatic carbocycles. The average Bonchev–Trinajstić information content (AvgIpc) is 2.80. The number of hydrogen-bond acceptors (Lipinski definition) is 2. The molecule has 0 aliphatic heterocycles. The first kappa shape index (κ1) is 12.3. The van der Waals surface area contributed by atoms with Crippen LogP contribution in [0.25, 0.3) is 0 Å². The second-order valence-corrected chi connectivity index (χ2v) is 5.50. The lowest BCUT2D eigenvalue weighted by Gasteiger charge is -2.28. The molecule has 1 aromatic rings. The minimum Gasteiger partial charge on any atom is -0.397 e. The predicted molar refractivity (Wildman–Crippen MR) is 75.3 cm³/mol. The van der Waals surface area contributed by atoms with Gasteiger partial charge in [-0.15, -0.1) is 0 Å². The minimum atomic E-state index is 0.510. The summed E-state index contributed by atoms with van der Waals surface area (Å²) in [6.45, 7) is 5.49. The van der Waals surface area contributed by atoms with Crippen LogP contribution in [0, 0.1) is 12.3 Å². The first-order valence-corrected chi connectivity index (χ1v) is 6.75. The molecule has 1 aliphatic carbocycles. The number of nitrogens with two attached hydrogens (primary N) is 1. The summed E-state index contributed by atoms with van der Waals surface area (Å²) in [4.78, 5) is 0. The number of nitrogens with one attached hydrogen (secondary N) is 1. The molecule has 1 saturated carbocycles. The first-order valence-electron chi connectivity index (χ1n) is 6.75. The van der Waals surface area contributed by atoms with Gasteiger partial charge in [0.1, 0.15) is 0 Å². The van der Waals surface area contributed by atoms with E-state index in [2.05, 4.69) is 31.3 Å². The molecular formula is C15H24N2. The lowest BCUT2D eigenvalue weighted by atomic mass is 9.83. The monoisotopic (exact) mass is 232 g/mol. The zero-order valence-electron chi connectivity index (χ0n) is 11.1. The highest BCUT2D eigenvalue weighted by atomic mass is 14.9. The number of benzene rings is 1. The van der Waals surface area contributed by atoms with Crippen LogP contribution < -0.4 is 11.1 Å². The fourth-order valence-corrected chi connectivity index (χ4v) is 2.89. The maximum absolute atomic E-state index is 6.00. The number of hydrogen-bond donors (Lipinski definition) is 2. The second kappa shape index (κ2) is 4.99. The summed E-state index contributed by atoms with van der Waals surface area (Å²) >= 11 is 0. The fourth-order valence-electron chi connectivity index (χ4n) is 2.89. The normalized spacial score (nSPS) is 18.2. The smallest absolute Gasteiger partial charge is 0.0576 e. The molecule has 94 valence electrons. The Morgan fingerprint density at radius 2 is 2.00 bits per heavy atom. The third kappa shape index (κ3) is 2.74. The third-order valence-corrected chi connectivity index (χ3v) is 4.28. The topological polar surface area (TPSA) is 38.0 Å². The van der Waals surface area contributed by atoms with Crippen LogP contribution >= 0.6 is 0 Å². The van der Waals surface area contributed by atoms with Gasteiger partial charge in [-0.25, -0.2) is 0 Å². The Bertz CT molecular complexity index is 379. The van der Waals surface area contributed by atoms with Crippen molar-refractivity contribution >= 4 is 11.4 Å². The standard InChI is InChI=1S/C15H24N2/c1-3-15(8-4-5-9-15)11-17-14-10-12(2)6-7-13(14)16/h6-7,10,17H,3-5,8-9,11,16H2,1-2H3. The number of nitrogen functional groups attached to an aromatic ring is 1. The Balaban J connectivity index is 2.03. The summed E-state index contributed by atoms with van der Waals surface area (Å²) in [6, 6.07) is 6.20. The van der Waals surface area contributed by atoms with Crippen LogP contribution in [0.15, 0.2) is 18.2 Å². The zero-order chi connectivity index (χ0) is 12.3. The highest BCUT2D eigenvalue weighted by Crippen LogP contribution is 2.41. The molecule has 0 unspecified atom stereocenters. The van der Waals surface area contributed by atoms with E-state index in [-0.39, 0.29) is 0 Å². The van der Waals surface area contributed by atoms with Crippen LogP contribution in [0.4, 0.5) is 11.4 Å². The molecule has 0 amide bonds. The van der Waals surface area contributed by atoms with Crippen molar-refractivity contribution in [2.45, 2.75) is 46.0 Å². The Kier molecular flexibility index (Phi) is 3.60. The van der Waals surface area contributed by atoms with Gasteiger partial charge in [0, 0.05) is 6.54 Å². The SMILES string of the molecule is CCC1(CNc2cc(C)ccc2N)CCCC1. The van der Waals surface area contributed by atoms with E-state index in [0.717, 1.165) is 17.9 Å². The third-order valence-electron chi connectivity index (χ3n) is 4.28. The molecule has 0 saturated heterocycles. The van der Waals surface area contributed by atoms with Gasteiger partial charge in [-0.2, -0.15) is 0 Å². The van der Waals surface area contributed by atoms with Crippen LogP contribution in [0.5, 0.6) is 0 Å². The van der Waals surface area contributed by atoms with Gasteiger partial charge in [0.05, 0.1) is 11.4 Å². The molecule has 0 aromatic heterocycles. The van der Waals surface area contributed by atoms with Crippen molar-refractivity contribution < 1.29 is 0 Å². The van der Waals surface area contributed by atoms with Gasteiger partial charge in [-0.3, -0.25) is 0 Å². The van der Waals surface area contributed by atoms with Crippen molar-refractivity contribution in [2.24, 2.45) is 5.41 Å². The Morgan fingerprint density at radius 1 is 1.29 bits per heavy atom. The average molecular weight is 232 g/mol. The molecule has 2 nitrogen and oxygen atoms in total. The maximum Gasteiger partial charge on any atom is 0.0576 e. The van der Waals surface area contributed by atoms with E-state index in [1.54, 1.807) is 0 Å². The first-order chi connectivity index (χ1) is 8.15. The zero-order valence-corrected chi connectivity index (χ0v) is 11.1. The molecule has 0 bridgehead atoms. The minimum absolute atomic E-state index is 0.510. The summed E-state index contributed by atoms with van der Waals surface area (Å²) in [5, 5.41) is 3.56. The van der Waals surface area contributed by atoms with Gasteiger partial charge in [0.25, 0.3) is 0 Å². The lowest BCUT2D eigenvalue weighted by molar-refractivity contribution is 0.307. The number of rotatable bonds is 4. The molecule has 0 heterocycles. The van der Waals surface area contributed by atoms with Crippen molar-refractivity contribution in [3.8, 4) is 0 Å². The molecule has 0 radical (unpaired) electrons. The van der Waals surface area contributed by atoms with E-state index in [1.807, 2.05) is 6.07 Å². The van der Waals surface area contributed by atoms with Crippen molar-refractivity contribution in [1.29, 1.82) is 0 Å². The highest BCUT2D eigenvalue weighted by Gasteiger charge is 2.31. The maximum atomic E-state index is 6.00. The van der Waals surface area contributed by atoms with Crippen LogP contribution in [-0.2, 0) is 0 Å². The largest absolute Gasteiger partial charge is 0.397 e. The Hall–Kier alpha value is -1.18. The number of aryl methyl sites for hydroxylation is 1. The highest BCUT2D eigenvalue weighted by molar-refractivity contribution is 5.67. The molecule has 2 heteroatoms. The van der Waals surface area contributed by atoms with Gasteiger partial charge < -0.3 is 11.1 Å². The van der Waals surface area contributed by atoms with Gasteiger partial charge in [-0.1, -0.05) is 25.8 Å². The van der Waals surface area contributed by atoms with Gasteiger partial charge in [0.15, 0.2) is 0 Å². The molecule has 0 atom stereocenters. The van der Waals surface area contributed by atoms with Crippen LogP contribution in [0.3, 0.4) is 0 Å². The van der Waals surface area contributed by atoms with E-state index in [9.17, 15) is 0 Å². The quantitative estimate of drug-likeness (QED) is 0.771. The van der Waals surface area contributed by atoms with Gasteiger partial charge in [0.2, 0.25) is 0 Å². The summed E-state index contributed by atoms with van der Waals surface area (Å²) in [6.07, 6.45) is 6.77. The van der Waals surface area contributed by atoms with Crippen LogP contribution in [0.1, 0.15) is 44.6 Å². The van der Waals surface area contributed by atoms with E-state index in [0.29, 0.717) is 5.41 Å².